The van der Waals surface area contributed by atoms with E-state index in [0.29, 0.717) is 6.04 Å². The molecule has 0 aliphatic carbocycles. The highest BCUT2D eigenvalue weighted by molar-refractivity contribution is 9.10. The van der Waals surface area contributed by atoms with Gasteiger partial charge in [-0.3, -0.25) is 14.2 Å². The third-order valence-electron chi connectivity index (χ3n) is 5.39. The highest BCUT2D eigenvalue weighted by Gasteiger charge is 2.26. The zero-order chi connectivity index (χ0) is 19.1. The molecule has 140 valence electrons. The van der Waals surface area contributed by atoms with Crippen molar-refractivity contribution in [2.75, 3.05) is 13.1 Å². The van der Waals surface area contributed by atoms with E-state index >= 15 is 0 Å². The Morgan fingerprint density at radius 2 is 2.07 bits per heavy atom. The van der Waals surface area contributed by atoms with Gasteiger partial charge in [-0.15, -0.1) is 0 Å². The Morgan fingerprint density at radius 1 is 1.33 bits per heavy atom. The summed E-state index contributed by atoms with van der Waals surface area (Å²) in [7, 11) is 1.94. The minimum Gasteiger partial charge on any atom is -0.339 e. The molecule has 0 bridgehead atoms. The maximum Gasteiger partial charge on any atom is 0.245 e. The summed E-state index contributed by atoms with van der Waals surface area (Å²) in [5, 5.41) is 10.3. The molecule has 1 aromatic carbocycles. The van der Waals surface area contributed by atoms with Crippen molar-refractivity contribution in [1.82, 2.24) is 24.5 Å². The quantitative estimate of drug-likeness (QED) is 0.596. The third kappa shape index (κ3) is 3.10. The molecular weight excluding hydrogens is 406 g/mol. The Bertz CT molecular complexity index is 1030. The topological polar surface area (TPSA) is 56.0 Å². The van der Waals surface area contributed by atoms with Crippen molar-refractivity contribution in [1.29, 1.82) is 0 Å². The summed E-state index contributed by atoms with van der Waals surface area (Å²) < 4.78 is 5.01. The summed E-state index contributed by atoms with van der Waals surface area (Å²) in [6.45, 7) is 7.14. The molecule has 0 unspecified atom stereocenters. The monoisotopic (exact) mass is 427 g/mol. The van der Waals surface area contributed by atoms with Crippen LogP contribution in [0.2, 0.25) is 0 Å². The molecule has 27 heavy (non-hydrogen) atoms. The summed E-state index contributed by atoms with van der Waals surface area (Å²) >= 11 is 3.74. The predicted molar refractivity (Wildman–Crippen MR) is 109 cm³/mol. The number of rotatable bonds is 3. The number of piperidine rings is 1. The number of likely N-dealkylation sites (tertiary alicyclic amines) is 1. The van der Waals surface area contributed by atoms with Crippen molar-refractivity contribution in [3.05, 3.63) is 47.2 Å². The second-order valence-electron chi connectivity index (χ2n) is 6.99. The Kier molecular flexibility index (Phi) is 4.63. The van der Waals surface area contributed by atoms with E-state index in [-0.39, 0.29) is 5.91 Å². The van der Waals surface area contributed by atoms with E-state index < -0.39 is 0 Å². The molecule has 1 aliphatic heterocycles. The van der Waals surface area contributed by atoms with Gasteiger partial charge in [0.1, 0.15) is 5.69 Å². The van der Waals surface area contributed by atoms with Gasteiger partial charge in [0, 0.05) is 31.1 Å². The maximum atomic E-state index is 11.8. The van der Waals surface area contributed by atoms with Crippen LogP contribution in [0.25, 0.3) is 22.2 Å². The Balaban J connectivity index is 1.63. The largest absolute Gasteiger partial charge is 0.339 e. The lowest BCUT2D eigenvalue weighted by atomic mass is 10.0. The number of benzene rings is 1. The molecule has 0 saturated carbocycles. The van der Waals surface area contributed by atoms with Crippen molar-refractivity contribution in [3.63, 3.8) is 0 Å². The van der Waals surface area contributed by atoms with Crippen LogP contribution in [0.4, 0.5) is 0 Å². The van der Waals surface area contributed by atoms with Crippen LogP contribution in [0, 0.1) is 6.92 Å². The molecule has 1 saturated heterocycles. The first kappa shape index (κ1) is 18.0. The molecule has 4 rings (SSSR count). The minimum atomic E-state index is 0.0114. The molecule has 3 heterocycles. The van der Waals surface area contributed by atoms with E-state index in [1.807, 2.05) is 22.8 Å². The van der Waals surface area contributed by atoms with E-state index in [1.54, 1.807) is 0 Å². The van der Waals surface area contributed by atoms with Crippen molar-refractivity contribution in [2.24, 2.45) is 7.05 Å². The number of aryl methyl sites for hydroxylation is 1. The highest BCUT2D eigenvalue weighted by atomic mass is 79.9. The average molecular weight is 428 g/mol. The standard InChI is InChI=1S/C20H22BrN5O/c1-4-18(27)25-9-7-16(8-10-25)26-13(2)19(21)20(23-26)14-5-6-17-15(11-14)12-22-24(17)3/h4-6,11-12,16H,1,7-10H2,2-3H3. The van der Waals surface area contributed by atoms with Gasteiger partial charge in [-0.1, -0.05) is 12.6 Å². The number of carbonyl (C=O) groups is 1. The van der Waals surface area contributed by atoms with Gasteiger partial charge in [0.05, 0.1) is 27.9 Å². The summed E-state index contributed by atoms with van der Waals surface area (Å²) in [5.41, 5.74) is 4.24. The van der Waals surface area contributed by atoms with Crippen LogP contribution >= 0.6 is 15.9 Å². The second kappa shape index (κ2) is 6.96. The van der Waals surface area contributed by atoms with E-state index in [1.165, 1.54) is 6.08 Å². The SMILES string of the molecule is C=CC(=O)N1CCC(n2nc(-c3ccc4c(cnn4C)c3)c(Br)c2C)CC1. The van der Waals surface area contributed by atoms with Gasteiger partial charge in [0.15, 0.2) is 0 Å². The molecule has 1 fully saturated rings. The van der Waals surface area contributed by atoms with E-state index in [2.05, 4.69) is 57.4 Å². The molecule has 1 amide bonds. The van der Waals surface area contributed by atoms with Crippen LogP contribution in [0.3, 0.4) is 0 Å². The van der Waals surface area contributed by atoms with Gasteiger partial charge in [-0.05, 0) is 53.9 Å². The molecule has 2 aromatic heterocycles. The lowest BCUT2D eigenvalue weighted by molar-refractivity contribution is -0.127. The zero-order valence-electron chi connectivity index (χ0n) is 15.5. The second-order valence-corrected chi connectivity index (χ2v) is 7.79. The number of halogens is 1. The zero-order valence-corrected chi connectivity index (χ0v) is 17.1. The molecule has 0 spiro atoms. The first-order chi connectivity index (χ1) is 13.0. The summed E-state index contributed by atoms with van der Waals surface area (Å²) in [5.74, 6) is 0.0114. The molecule has 0 radical (unpaired) electrons. The Labute approximate surface area is 166 Å². The van der Waals surface area contributed by atoms with Gasteiger partial charge < -0.3 is 4.90 Å². The van der Waals surface area contributed by atoms with Crippen molar-refractivity contribution < 1.29 is 4.79 Å². The first-order valence-electron chi connectivity index (χ1n) is 9.07. The highest BCUT2D eigenvalue weighted by Crippen LogP contribution is 2.35. The van der Waals surface area contributed by atoms with Crippen LogP contribution < -0.4 is 0 Å². The summed E-state index contributed by atoms with van der Waals surface area (Å²) in [6.07, 6.45) is 5.07. The van der Waals surface area contributed by atoms with Gasteiger partial charge in [0.2, 0.25) is 5.91 Å². The fourth-order valence-electron chi connectivity index (χ4n) is 3.81. The number of nitrogens with zero attached hydrogens (tertiary/aromatic N) is 5. The molecule has 1 aliphatic rings. The lowest BCUT2D eigenvalue weighted by Gasteiger charge is -2.32. The number of carbonyl (C=O) groups excluding carboxylic acids is 1. The summed E-state index contributed by atoms with van der Waals surface area (Å²) in [4.78, 5) is 13.7. The number of aromatic nitrogens is 4. The third-order valence-corrected chi connectivity index (χ3v) is 6.34. The van der Waals surface area contributed by atoms with Crippen LogP contribution in [0.1, 0.15) is 24.6 Å². The lowest BCUT2D eigenvalue weighted by Crippen LogP contribution is -2.38. The van der Waals surface area contributed by atoms with Crippen LogP contribution in [0.5, 0.6) is 0 Å². The number of hydrogen-bond donors (Lipinski definition) is 0. The first-order valence-corrected chi connectivity index (χ1v) is 9.87. The van der Waals surface area contributed by atoms with Crippen LogP contribution in [-0.2, 0) is 11.8 Å². The van der Waals surface area contributed by atoms with Crippen molar-refractivity contribution in [3.8, 4) is 11.3 Å². The van der Waals surface area contributed by atoms with Gasteiger partial charge in [-0.25, -0.2) is 0 Å². The van der Waals surface area contributed by atoms with Crippen molar-refractivity contribution >= 4 is 32.7 Å². The van der Waals surface area contributed by atoms with Gasteiger partial charge in [0.25, 0.3) is 0 Å². The van der Waals surface area contributed by atoms with Crippen LogP contribution in [-0.4, -0.2) is 43.5 Å². The molecular formula is C20H22BrN5O. The fourth-order valence-corrected chi connectivity index (χ4v) is 4.30. The molecule has 0 N–H and O–H groups in total. The average Bonchev–Trinajstić information content (AvgIpc) is 3.21. The molecule has 7 heteroatoms. The fraction of sp³-hybridized carbons (Fsp3) is 0.350. The smallest absolute Gasteiger partial charge is 0.245 e. The van der Waals surface area contributed by atoms with Gasteiger partial charge >= 0.3 is 0 Å². The summed E-state index contributed by atoms with van der Waals surface area (Å²) in [6, 6.07) is 6.60. The van der Waals surface area contributed by atoms with Gasteiger partial charge in [-0.2, -0.15) is 10.2 Å². The van der Waals surface area contributed by atoms with E-state index in [4.69, 9.17) is 5.10 Å². The van der Waals surface area contributed by atoms with Crippen LogP contribution in [0.15, 0.2) is 41.5 Å². The molecule has 6 nitrogen and oxygen atoms in total. The Morgan fingerprint density at radius 3 is 2.78 bits per heavy atom. The Hall–Kier alpha value is -2.41. The number of fused-ring (bicyclic) bond motifs is 1. The normalized spacial score (nSPS) is 15.4. The van der Waals surface area contributed by atoms with Crippen molar-refractivity contribution in [2.45, 2.75) is 25.8 Å². The maximum absolute atomic E-state index is 11.8. The van der Waals surface area contributed by atoms with E-state index in [0.717, 1.165) is 58.3 Å². The minimum absolute atomic E-state index is 0.0114. The predicted octanol–water partition coefficient (Wildman–Crippen LogP) is 3.86. The molecule has 0 atom stereocenters. The molecule has 3 aromatic rings. The van der Waals surface area contributed by atoms with E-state index in [9.17, 15) is 4.79 Å². The number of amides is 1. The number of hydrogen-bond acceptors (Lipinski definition) is 3.